The van der Waals surface area contributed by atoms with Gasteiger partial charge in [0.1, 0.15) is 17.3 Å². The summed E-state index contributed by atoms with van der Waals surface area (Å²) in [6.07, 6.45) is 1.48. The van der Waals surface area contributed by atoms with Crippen molar-refractivity contribution in [1.82, 2.24) is 9.21 Å². The SMILES string of the molecule is COC(=O)C1=C(C)N(Cc2ccc(OC)cc2)C(=O)/C1=C/c1ccc(CN(Cc2ccc(C)cc2)S(=O)(=O)c2ccc(Cl)cc2)o1. The normalized spacial score (nSPS) is 14.4. The molecule has 0 N–H and O–H groups in total. The average molecular weight is 661 g/mol. The summed E-state index contributed by atoms with van der Waals surface area (Å²) in [7, 11) is -1.13. The molecular formula is C35H33ClN2O7S. The molecule has 1 aliphatic rings. The zero-order valence-electron chi connectivity index (χ0n) is 25.8. The highest BCUT2D eigenvalue weighted by molar-refractivity contribution is 7.89. The molecular weight excluding hydrogens is 628 g/mol. The lowest BCUT2D eigenvalue weighted by atomic mass is 10.1. The predicted octanol–water partition coefficient (Wildman–Crippen LogP) is 6.51. The predicted molar refractivity (Wildman–Crippen MR) is 174 cm³/mol. The van der Waals surface area contributed by atoms with Crippen molar-refractivity contribution < 1.29 is 31.9 Å². The monoisotopic (exact) mass is 660 g/mol. The smallest absolute Gasteiger partial charge is 0.340 e. The van der Waals surface area contributed by atoms with E-state index in [0.29, 0.717) is 22.2 Å². The van der Waals surface area contributed by atoms with Crippen molar-refractivity contribution >= 4 is 39.6 Å². The van der Waals surface area contributed by atoms with Crippen molar-refractivity contribution in [3.63, 3.8) is 0 Å². The van der Waals surface area contributed by atoms with Gasteiger partial charge in [0.15, 0.2) is 0 Å². The Morgan fingerprint density at radius 2 is 1.54 bits per heavy atom. The van der Waals surface area contributed by atoms with Gasteiger partial charge in [0, 0.05) is 17.3 Å². The number of nitrogens with zero attached hydrogens (tertiary/aromatic N) is 2. The van der Waals surface area contributed by atoms with Crippen molar-refractivity contribution in [3.8, 4) is 5.75 Å². The second kappa shape index (κ2) is 13.8. The van der Waals surface area contributed by atoms with Crippen molar-refractivity contribution in [2.45, 2.75) is 38.4 Å². The number of hydrogen-bond donors (Lipinski definition) is 0. The highest BCUT2D eigenvalue weighted by atomic mass is 35.5. The van der Waals surface area contributed by atoms with E-state index >= 15 is 0 Å². The number of esters is 1. The van der Waals surface area contributed by atoms with Crippen LogP contribution in [0.1, 0.15) is 35.1 Å². The van der Waals surface area contributed by atoms with Crippen LogP contribution in [0, 0.1) is 6.92 Å². The number of allylic oxidation sites excluding steroid dienone is 1. The minimum atomic E-state index is -3.96. The van der Waals surface area contributed by atoms with Gasteiger partial charge in [-0.05, 0) is 79.6 Å². The van der Waals surface area contributed by atoms with Crippen LogP contribution >= 0.6 is 11.6 Å². The Morgan fingerprint density at radius 3 is 2.17 bits per heavy atom. The molecule has 0 saturated heterocycles. The van der Waals surface area contributed by atoms with Gasteiger partial charge in [-0.2, -0.15) is 4.31 Å². The number of ether oxygens (including phenoxy) is 2. The summed E-state index contributed by atoms with van der Waals surface area (Å²) in [5, 5.41) is 0.424. The Morgan fingerprint density at radius 1 is 0.891 bits per heavy atom. The molecule has 1 aromatic heterocycles. The van der Waals surface area contributed by atoms with Gasteiger partial charge in [-0.3, -0.25) is 4.79 Å². The standard InChI is InChI=1S/C35H33ClN2O7S/c1-23-5-7-25(8-6-23)20-37(46(41,42)31-17-11-27(36)12-18-31)22-30-16-15-29(45-30)19-32-33(35(40)44-4)24(2)38(34(32)39)21-26-9-13-28(43-3)14-10-26/h5-19H,20-22H2,1-4H3/b32-19+. The van der Waals surface area contributed by atoms with E-state index in [-0.39, 0.29) is 41.4 Å². The first-order valence-corrected chi connectivity index (χ1v) is 16.2. The summed E-state index contributed by atoms with van der Waals surface area (Å²) in [6, 6.07) is 24.1. The fraction of sp³-hybridized carbons (Fsp3) is 0.200. The van der Waals surface area contributed by atoms with Crippen LogP contribution < -0.4 is 4.74 Å². The molecule has 0 fully saturated rings. The lowest BCUT2D eigenvalue weighted by molar-refractivity contribution is -0.136. The van der Waals surface area contributed by atoms with Crippen LogP contribution in [0.25, 0.3) is 6.08 Å². The lowest BCUT2D eigenvalue weighted by Gasteiger charge is -2.21. The van der Waals surface area contributed by atoms with E-state index in [9.17, 15) is 18.0 Å². The molecule has 0 aliphatic carbocycles. The van der Waals surface area contributed by atoms with E-state index in [1.807, 2.05) is 43.3 Å². The maximum absolute atomic E-state index is 13.8. The molecule has 0 saturated carbocycles. The number of aryl methyl sites for hydroxylation is 1. The Balaban J connectivity index is 1.44. The Labute approximate surface area is 273 Å². The van der Waals surface area contributed by atoms with Crippen molar-refractivity contribution in [2.75, 3.05) is 14.2 Å². The second-order valence-electron chi connectivity index (χ2n) is 10.8. The van der Waals surface area contributed by atoms with Crippen molar-refractivity contribution in [1.29, 1.82) is 0 Å². The van der Waals surface area contributed by atoms with Crippen molar-refractivity contribution in [2.24, 2.45) is 0 Å². The first-order valence-electron chi connectivity index (χ1n) is 14.4. The van der Waals surface area contributed by atoms with Crippen LogP contribution in [0.4, 0.5) is 0 Å². The zero-order chi connectivity index (χ0) is 33.0. The molecule has 0 bridgehead atoms. The minimum Gasteiger partial charge on any atom is -0.497 e. The van der Waals surface area contributed by atoms with Gasteiger partial charge in [-0.15, -0.1) is 0 Å². The van der Waals surface area contributed by atoms with Crippen molar-refractivity contribution in [3.05, 3.63) is 135 Å². The number of carbonyl (C=O) groups is 2. The number of halogens is 1. The van der Waals surface area contributed by atoms with E-state index in [0.717, 1.165) is 16.7 Å². The van der Waals surface area contributed by atoms with Gasteiger partial charge in [-0.1, -0.05) is 53.6 Å². The first kappa shape index (κ1) is 32.7. The molecule has 0 unspecified atom stereocenters. The van der Waals surface area contributed by atoms with Crippen LogP contribution in [0.15, 0.2) is 111 Å². The van der Waals surface area contributed by atoms with Crippen LogP contribution in [0.3, 0.4) is 0 Å². The van der Waals surface area contributed by atoms with Gasteiger partial charge in [-0.25, -0.2) is 13.2 Å². The summed E-state index contributed by atoms with van der Waals surface area (Å²) in [4.78, 5) is 28.1. The molecule has 3 aromatic carbocycles. The van der Waals surface area contributed by atoms with E-state index in [1.165, 1.54) is 46.7 Å². The summed E-state index contributed by atoms with van der Waals surface area (Å²) in [6.45, 7) is 3.88. The molecule has 5 rings (SSSR count). The van der Waals surface area contributed by atoms with Crippen LogP contribution in [-0.4, -0.2) is 43.7 Å². The molecule has 1 amide bonds. The number of amides is 1. The Kier molecular flexibility index (Phi) is 9.81. The quantitative estimate of drug-likeness (QED) is 0.133. The van der Waals surface area contributed by atoms with E-state index in [2.05, 4.69) is 0 Å². The fourth-order valence-corrected chi connectivity index (χ4v) is 6.60. The topological polar surface area (TPSA) is 106 Å². The van der Waals surface area contributed by atoms with Gasteiger partial charge < -0.3 is 18.8 Å². The Bertz CT molecular complexity index is 1910. The molecule has 46 heavy (non-hydrogen) atoms. The largest absolute Gasteiger partial charge is 0.497 e. The van der Waals surface area contributed by atoms with Gasteiger partial charge in [0.2, 0.25) is 10.0 Å². The van der Waals surface area contributed by atoms with Crippen LogP contribution in [0.2, 0.25) is 5.02 Å². The number of methoxy groups -OCH3 is 2. The summed E-state index contributed by atoms with van der Waals surface area (Å²) < 4.78 is 45.1. The number of carbonyl (C=O) groups excluding carboxylic acids is 2. The van der Waals surface area contributed by atoms with E-state index in [4.69, 9.17) is 25.5 Å². The number of benzene rings is 3. The first-order chi connectivity index (χ1) is 22.0. The number of hydrogen-bond acceptors (Lipinski definition) is 7. The van der Waals surface area contributed by atoms with E-state index < -0.39 is 21.9 Å². The molecule has 0 radical (unpaired) electrons. The van der Waals surface area contributed by atoms with E-state index in [1.54, 1.807) is 38.3 Å². The summed E-state index contributed by atoms with van der Waals surface area (Å²) in [5.41, 5.74) is 3.39. The molecule has 4 aromatic rings. The van der Waals surface area contributed by atoms with Crippen LogP contribution in [0.5, 0.6) is 5.75 Å². The van der Waals surface area contributed by atoms with Gasteiger partial charge >= 0.3 is 5.97 Å². The molecule has 0 atom stereocenters. The fourth-order valence-electron chi connectivity index (χ4n) is 5.08. The molecule has 0 spiro atoms. The third-order valence-corrected chi connectivity index (χ3v) is 9.69. The zero-order valence-corrected chi connectivity index (χ0v) is 27.4. The highest BCUT2D eigenvalue weighted by Crippen LogP contribution is 2.34. The maximum atomic E-state index is 13.8. The molecule has 2 heterocycles. The maximum Gasteiger partial charge on any atom is 0.340 e. The summed E-state index contributed by atoms with van der Waals surface area (Å²) >= 11 is 6.01. The molecule has 1 aliphatic heterocycles. The molecule has 9 nitrogen and oxygen atoms in total. The Hall–Kier alpha value is -4.64. The number of furan rings is 1. The van der Waals surface area contributed by atoms with Gasteiger partial charge in [0.25, 0.3) is 5.91 Å². The lowest BCUT2D eigenvalue weighted by Crippen LogP contribution is -2.30. The average Bonchev–Trinajstić information content (AvgIpc) is 3.59. The molecule has 238 valence electrons. The summed E-state index contributed by atoms with van der Waals surface area (Å²) in [5.74, 6) is 0.263. The second-order valence-corrected chi connectivity index (χ2v) is 13.1. The van der Waals surface area contributed by atoms with Crippen LogP contribution in [-0.2, 0) is 44.0 Å². The minimum absolute atomic E-state index is 0.0850. The van der Waals surface area contributed by atoms with Gasteiger partial charge in [0.05, 0.1) is 43.4 Å². The third-order valence-electron chi connectivity index (χ3n) is 7.63. The number of sulfonamides is 1. The molecule has 11 heteroatoms. The third kappa shape index (κ3) is 7.09. The highest BCUT2D eigenvalue weighted by Gasteiger charge is 2.37. The number of rotatable bonds is 11.